The Balaban J connectivity index is 1.77. The molecule has 0 radical (unpaired) electrons. The number of nitrogens with one attached hydrogen (secondary N) is 1. The summed E-state index contributed by atoms with van der Waals surface area (Å²) >= 11 is 3.44. The fraction of sp³-hybridized carbons (Fsp3) is 0.267. The Labute approximate surface area is 125 Å². The van der Waals surface area contributed by atoms with Crippen molar-refractivity contribution in [3.63, 3.8) is 0 Å². The minimum Gasteiger partial charge on any atom is -0.391 e. The van der Waals surface area contributed by atoms with Gasteiger partial charge in [-0.25, -0.2) is 4.79 Å². The summed E-state index contributed by atoms with van der Waals surface area (Å²) in [6, 6.07) is 11.7. The second-order valence-corrected chi connectivity index (χ2v) is 5.94. The SMILES string of the molecule is O=C(Nc1ccc2cc(Br)ccc2c1)N1CC[C@H](O)C1. The van der Waals surface area contributed by atoms with Crippen molar-refractivity contribution in [1.82, 2.24) is 4.90 Å². The molecule has 104 valence electrons. The normalized spacial score (nSPS) is 18.5. The largest absolute Gasteiger partial charge is 0.391 e. The minimum absolute atomic E-state index is 0.155. The molecule has 0 saturated carbocycles. The number of β-amino-alcohol motifs (C(OH)–C–C–N with tert-alkyl or cyclic N) is 1. The van der Waals surface area contributed by atoms with Crippen molar-refractivity contribution in [3.05, 3.63) is 40.9 Å². The van der Waals surface area contributed by atoms with Gasteiger partial charge in [0.05, 0.1) is 6.10 Å². The summed E-state index contributed by atoms with van der Waals surface area (Å²) < 4.78 is 1.04. The lowest BCUT2D eigenvalue weighted by Gasteiger charge is -2.16. The molecule has 2 amide bonds. The number of fused-ring (bicyclic) bond motifs is 1. The van der Waals surface area contributed by atoms with Gasteiger partial charge in [-0.05, 0) is 41.5 Å². The topological polar surface area (TPSA) is 52.6 Å². The van der Waals surface area contributed by atoms with Gasteiger partial charge < -0.3 is 15.3 Å². The second-order valence-electron chi connectivity index (χ2n) is 5.02. The fourth-order valence-electron chi connectivity index (χ4n) is 2.42. The van der Waals surface area contributed by atoms with Crippen molar-refractivity contribution in [2.75, 3.05) is 18.4 Å². The summed E-state index contributed by atoms with van der Waals surface area (Å²) in [6.45, 7) is 1.01. The number of amides is 2. The first-order valence-electron chi connectivity index (χ1n) is 6.55. The molecule has 1 heterocycles. The predicted octanol–water partition coefficient (Wildman–Crippen LogP) is 3.20. The van der Waals surface area contributed by atoms with E-state index in [9.17, 15) is 9.90 Å². The number of rotatable bonds is 1. The Kier molecular flexibility index (Phi) is 3.63. The maximum atomic E-state index is 12.0. The van der Waals surface area contributed by atoms with E-state index in [4.69, 9.17) is 0 Å². The zero-order chi connectivity index (χ0) is 14.1. The second kappa shape index (κ2) is 5.42. The van der Waals surface area contributed by atoms with Crippen LogP contribution in [0.5, 0.6) is 0 Å². The highest BCUT2D eigenvalue weighted by Crippen LogP contribution is 2.23. The molecule has 4 nitrogen and oxygen atoms in total. The minimum atomic E-state index is -0.394. The van der Waals surface area contributed by atoms with E-state index >= 15 is 0 Å². The number of aliphatic hydroxyl groups excluding tert-OH is 1. The van der Waals surface area contributed by atoms with Crippen LogP contribution in [0.1, 0.15) is 6.42 Å². The molecule has 2 aromatic rings. The molecule has 1 atom stereocenters. The average molecular weight is 335 g/mol. The van der Waals surface area contributed by atoms with Crippen molar-refractivity contribution < 1.29 is 9.90 Å². The number of nitrogens with zero attached hydrogens (tertiary/aromatic N) is 1. The lowest BCUT2D eigenvalue weighted by atomic mass is 10.1. The lowest BCUT2D eigenvalue weighted by molar-refractivity contribution is 0.176. The fourth-order valence-corrected chi connectivity index (χ4v) is 2.80. The number of carbonyl (C=O) groups is 1. The molecule has 0 aromatic heterocycles. The highest BCUT2D eigenvalue weighted by Gasteiger charge is 2.24. The van der Waals surface area contributed by atoms with Gasteiger partial charge in [0.2, 0.25) is 0 Å². The third-order valence-corrected chi connectivity index (χ3v) is 4.00. The van der Waals surface area contributed by atoms with Crippen LogP contribution in [-0.2, 0) is 0 Å². The zero-order valence-corrected chi connectivity index (χ0v) is 12.4. The van der Waals surface area contributed by atoms with Gasteiger partial charge in [0, 0.05) is 23.2 Å². The molecule has 0 bridgehead atoms. The van der Waals surface area contributed by atoms with E-state index in [0.717, 1.165) is 20.9 Å². The summed E-state index contributed by atoms with van der Waals surface area (Å²) in [5.41, 5.74) is 0.770. The van der Waals surface area contributed by atoms with E-state index < -0.39 is 6.10 Å². The number of aliphatic hydroxyl groups is 1. The summed E-state index contributed by atoms with van der Waals surface area (Å²) in [7, 11) is 0. The molecular formula is C15H15BrN2O2. The van der Waals surface area contributed by atoms with Gasteiger partial charge in [-0.1, -0.05) is 28.1 Å². The molecule has 1 aliphatic heterocycles. The lowest BCUT2D eigenvalue weighted by Crippen LogP contribution is -2.33. The third kappa shape index (κ3) is 2.78. The number of anilines is 1. The Morgan fingerprint density at radius 2 is 2.00 bits per heavy atom. The van der Waals surface area contributed by atoms with Gasteiger partial charge in [0.1, 0.15) is 0 Å². The average Bonchev–Trinajstić information content (AvgIpc) is 2.86. The maximum Gasteiger partial charge on any atom is 0.321 e. The van der Waals surface area contributed by atoms with Crippen LogP contribution in [0.25, 0.3) is 10.8 Å². The van der Waals surface area contributed by atoms with Crippen LogP contribution in [0.4, 0.5) is 10.5 Å². The molecule has 1 saturated heterocycles. The van der Waals surface area contributed by atoms with Crippen molar-refractivity contribution in [3.8, 4) is 0 Å². The Hall–Kier alpha value is -1.59. The summed E-state index contributed by atoms with van der Waals surface area (Å²) in [4.78, 5) is 13.7. The van der Waals surface area contributed by atoms with E-state index in [2.05, 4.69) is 21.2 Å². The third-order valence-electron chi connectivity index (χ3n) is 3.50. The number of hydrogen-bond acceptors (Lipinski definition) is 2. The molecule has 2 N–H and O–H groups in total. The first-order valence-corrected chi connectivity index (χ1v) is 7.34. The van der Waals surface area contributed by atoms with E-state index in [1.165, 1.54) is 0 Å². The number of halogens is 1. The molecule has 5 heteroatoms. The predicted molar refractivity (Wildman–Crippen MR) is 82.9 cm³/mol. The highest BCUT2D eigenvalue weighted by molar-refractivity contribution is 9.10. The van der Waals surface area contributed by atoms with Crippen LogP contribution in [-0.4, -0.2) is 35.2 Å². The van der Waals surface area contributed by atoms with E-state index in [0.29, 0.717) is 19.5 Å². The zero-order valence-electron chi connectivity index (χ0n) is 10.8. The summed E-state index contributed by atoms with van der Waals surface area (Å²) in [5, 5.41) is 14.5. The molecular weight excluding hydrogens is 320 g/mol. The monoisotopic (exact) mass is 334 g/mol. The van der Waals surface area contributed by atoms with Crippen LogP contribution in [0.2, 0.25) is 0 Å². The van der Waals surface area contributed by atoms with Crippen LogP contribution in [0, 0.1) is 0 Å². The van der Waals surface area contributed by atoms with Crippen LogP contribution >= 0.6 is 15.9 Å². The van der Waals surface area contributed by atoms with Gasteiger partial charge in [0.15, 0.2) is 0 Å². The smallest absolute Gasteiger partial charge is 0.321 e. The highest BCUT2D eigenvalue weighted by atomic mass is 79.9. The maximum absolute atomic E-state index is 12.0. The molecule has 3 rings (SSSR count). The molecule has 0 aliphatic carbocycles. The van der Waals surface area contributed by atoms with Gasteiger partial charge in [-0.15, -0.1) is 0 Å². The van der Waals surface area contributed by atoms with Gasteiger partial charge in [-0.3, -0.25) is 0 Å². The van der Waals surface area contributed by atoms with Crippen LogP contribution in [0.15, 0.2) is 40.9 Å². The summed E-state index contributed by atoms with van der Waals surface area (Å²) in [5.74, 6) is 0. The molecule has 0 unspecified atom stereocenters. The van der Waals surface area contributed by atoms with Crippen molar-refractivity contribution >= 4 is 38.4 Å². The van der Waals surface area contributed by atoms with Gasteiger partial charge in [-0.2, -0.15) is 0 Å². The standard InChI is InChI=1S/C15H15BrN2O2/c16-12-3-1-11-8-13(4-2-10(11)7-12)17-15(20)18-6-5-14(19)9-18/h1-4,7-8,14,19H,5-6,9H2,(H,17,20)/t14-/m0/s1. The Morgan fingerprint density at radius 1 is 1.25 bits per heavy atom. The van der Waals surface area contributed by atoms with E-state index in [1.54, 1.807) is 4.90 Å². The quantitative estimate of drug-likeness (QED) is 0.841. The van der Waals surface area contributed by atoms with Crippen molar-refractivity contribution in [2.24, 2.45) is 0 Å². The molecule has 0 spiro atoms. The number of carbonyl (C=O) groups excluding carboxylic acids is 1. The summed E-state index contributed by atoms with van der Waals surface area (Å²) in [6.07, 6.45) is 0.258. The molecule has 1 aliphatic rings. The number of likely N-dealkylation sites (tertiary alicyclic amines) is 1. The first-order chi connectivity index (χ1) is 9.61. The van der Waals surface area contributed by atoms with Gasteiger partial charge >= 0.3 is 6.03 Å². The first kappa shape index (κ1) is 13.4. The van der Waals surface area contributed by atoms with E-state index in [-0.39, 0.29) is 6.03 Å². The van der Waals surface area contributed by atoms with Crippen molar-refractivity contribution in [2.45, 2.75) is 12.5 Å². The molecule has 20 heavy (non-hydrogen) atoms. The number of benzene rings is 2. The number of hydrogen-bond donors (Lipinski definition) is 2. The Morgan fingerprint density at radius 3 is 2.75 bits per heavy atom. The van der Waals surface area contributed by atoms with Gasteiger partial charge in [0.25, 0.3) is 0 Å². The molecule has 1 fully saturated rings. The van der Waals surface area contributed by atoms with Crippen LogP contribution in [0.3, 0.4) is 0 Å². The van der Waals surface area contributed by atoms with Crippen LogP contribution < -0.4 is 5.32 Å². The number of urea groups is 1. The van der Waals surface area contributed by atoms with E-state index in [1.807, 2.05) is 36.4 Å². The molecule has 2 aromatic carbocycles. The Bertz CT molecular complexity index is 659. The van der Waals surface area contributed by atoms with Crippen molar-refractivity contribution in [1.29, 1.82) is 0 Å².